The first-order chi connectivity index (χ1) is 18.4. The van der Waals surface area contributed by atoms with Crippen molar-refractivity contribution in [2.75, 3.05) is 45.9 Å². The molecule has 4 rings (SSSR count). The summed E-state index contributed by atoms with van der Waals surface area (Å²) in [5.74, 6) is -0.897. The van der Waals surface area contributed by atoms with Crippen molar-refractivity contribution in [3.8, 4) is 0 Å². The molecule has 0 aromatic heterocycles. The summed E-state index contributed by atoms with van der Waals surface area (Å²) >= 11 is 0. The Kier molecular flexibility index (Phi) is 8.76. The molecule has 2 saturated heterocycles. The molecule has 2 atom stereocenters. The smallest absolute Gasteiger partial charge is 0.338 e. The number of amides is 1. The van der Waals surface area contributed by atoms with Gasteiger partial charge >= 0.3 is 5.97 Å². The number of hydrogen-bond donors (Lipinski definition) is 0. The zero-order valence-electron chi connectivity index (χ0n) is 22.1. The molecule has 212 valence electrons. The molecule has 11 nitrogen and oxygen atoms in total. The SMILES string of the molecule is CCOC(=O)c1ccc(S(=O)(=O)N2CCN(C(=O)c3cccc(S(=O)(=O)N4C[C@H](C)O[C@@H](C)C4)c3)CC2)cc1. The van der Waals surface area contributed by atoms with E-state index in [1.54, 1.807) is 13.0 Å². The van der Waals surface area contributed by atoms with Crippen LogP contribution in [0.5, 0.6) is 0 Å². The fourth-order valence-corrected chi connectivity index (χ4v) is 7.77. The number of piperazine rings is 1. The van der Waals surface area contributed by atoms with Crippen LogP contribution in [0.1, 0.15) is 41.5 Å². The second-order valence-electron chi connectivity index (χ2n) is 9.55. The van der Waals surface area contributed by atoms with Crippen LogP contribution in [0.15, 0.2) is 58.3 Å². The number of rotatable bonds is 7. The molecule has 0 aliphatic carbocycles. The predicted molar refractivity (Wildman–Crippen MR) is 142 cm³/mol. The van der Waals surface area contributed by atoms with Gasteiger partial charge in [0.2, 0.25) is 20.0 Å². The van der Waals surface area contributed by atoms with E-state index in [2.05, 4.69) is 0 Å². The van der Waals surface area contributed by atoms with Gasteiger partial charge in [0.15, 0.2) is 0 Å². The van der Waals surface area contributed by atoms with Gasteiger partial charge in [-0.25, -0.2) is 21.6 Å². The van der Waals surface area contributed by atoms with Crippen LogP contribution >= 0.6 is 0 Å². The van der Waals surface area contributed by atoms with Gasteiger partial charge in [0.05, 0.1) is 34.2 Å². The van der Waals surface area contributed by atoms with Gasteiger partial charge in [-0.1, -0.05) is 6.07 Å². The van der Waals surface area contributed by atoms with Crippen LogP contribution in [0.25, 0.3) is 0 Å². The second-order valence-corrected chi connectivity index (χ2v) is 13.4. The Labute approximate surface area is 229 Å². The Morgan fingerprint density at radius 2 is 1.41 bits per heavy atom. The highest BCUT2D eigenvalue weighted by Crippen LogP contribution is 2.24. The fraction of sp³-hybridized carbons (Fsp3) is 0.462. The van der Waals surface area contributed by atoms with Crippen LogP contribution in [-0.4, -0.2) is 100 Å². The molecule has 0 spiro atoms. The zero-order valence-corrected chi connectivity index (χ0v) is 23.8. The van der Waals surface area contributed by atoms with Crippen molar-refractivity contribution in [2.24, 2.45) is 0 Å². The molecular formula is C26H33N3O8S2. The summed E-state index contributed by atoms with van der Waals surface area (Å²) in [7, 11) is -7.65. The summed E-state index contributed by atoms with van der Waals surface area (Å²) in [4.78, 5) is 26.7. The van der Waals surface area contributed by atoms with Gasteiger partial charge in [-0.15, -0.1) is 0 Å². The molecule has 0 bridgehead atoms. The molecule has 2 aromatic rings. The Morgan fingerprint density at radius 1 is 0.821 bits per heavy atom. The average molecular weight is 580 g/mol. The highest BCUT2D eigenvalue weighted by Gasteiger charge is 2.34. The molecule has 39 heavy (non-hydrogen) atoms. The molecule has 2 aliphatic rings. The van der Waals surface area contributed by atoms with Crippen LogP contribution in [0.2, 0.25) is 0 Å². The topological polar surface area (TPSA) is 131 Å². The number of carbonyl (C=O) groups excluding carboxylic acids is 2. The van der Waals surface area contributed by atoms with Crippen molar-refractivity contribution >= 4 is 31.9 Å². The van der Waals surface area contributed by atoms with E-state index in [4.69, 9.17) is 9.47 Å². The number of benzene rings is 2. The van der Waals surface area contributed by atoms with Crippen molar-refractivity contribution in [3.63, 3.8) is 0 Å². The molecule has 1 amide bonds. The second kappa shape index (κ2) is 11.7. The van der Waals surface area contributed by atoms with Gasteiger partial charge in [-0.05, 0) is 63.2 Å². The van der Waals surface area contributed by atoms with Gasteiger partial charge < -0.3 is 14.4 Å². The third kappa shape index (κ3) is 6.33. The highest BCUT2D eigenvalue weighted by molar-refractivity contribution is 7.89. The quantitative estimate of drug-likeness (QED) is 0.454. The summed E-state index contributed by atoms with van der Waals surface area (Å²) in [6.45, 7) is 6.44. The average Bonchev–Trinajstić information content (AvgIpc) is 2.92. The minimum atomic E-state index is -3.83. The van der Waals surface area contributed by atoms with E-state index >= 15 is 0 Å². The summed E-state index contributed by atoms with van der Waals surface area (Å²) in [6.07, 6.45) is -0.479. The summed E-state index contributed by atoms with van der Waals surface area (Å²) in [6, 6.07) is 11.5. The van der Waals surface area contributed by atoms with Gasteiger partial charge in [0, 0.05) is 44.8 Å². The minimum Gasteiger partial charge on any atom is -0.462 e. The fourth-order valence-electron chi connectivity index (χ4n) is 4.71. The Bertz CT molecular complexity index is 1410. The largest absolute Gasteiger partial charge is 0.462 e. The first-order valence-corrected chi connectivity index (χ1v) is 15.6. The Balaban J connectivity index is 1.42. The number of ether oxygens (including phenoxy) is 2. The van der Waals surface area contributed by atoms with Crippen LogP contribution in [0.3, 0.4) is 0 Å². The normalized spacial score (nSPS) is 21.5. The molecule has 0 N–H and O–H groups in total. The van der Waals surface area contributed by atoms with E-state index in [0.717, 1.165) is 0 Å². The standard InChI is InChI=1S/C26H33N3O8S2/c1-4-36-26(31)21-8-10-23(11-9-21)38(32,33)28-14-12-27(13-15-28)25(30)22-6-5-7-24(16-22)39(34,35)29-17-19(2)37-20(3)18-29/h5-11,16,19-20H,4,12-15,17-18H2,1-3H3/t19-,20-/m0/s1. The summed E-state index contributed by atoms with van der Waals surface area (Å²) < 4.78 is 66.0. The number of morpholine rings is 1. The molecule has 0 radical (unpaired) electrons. The van der Waals surface area contributed by atoms with E-state index < -0.39 is 26.0 Å². The number of nitrogens with zero attached hydrogens (tertiary/aromatic N) is 3. The van der Waals surface area contributed by atoms with E-state index in [0.29, 0.717) is 0 Å². The lowest BCUT2D eigenvalue weighted by atomic mass is 10.2. The van der Waals surface area contributed by atoms with E-state index in [1.165, 1.54) is 56.0 Å². The first-order valence-electron chi connectivity index (χ1n) is 12.8. The maximum atomic E-state index is 13.3. The Morgan fingerprint density at radius 3 is 2.00 bits per heavy atom. The van der Waals surface area contributed by atoms with Crippen LogP contribution in [0, 0.1) is 0 Å². The predicted octanol–water partition coefficient (Wildman–Crippen LogP) is 1.81. The zero-order chi connectivity index (χ0) is 28.4. The van der Waals surface area contributed by atoms with Crippen LogP contribution in [0.4, 0.5) is 0 Å². The molecule has 13 heteroatoms. The monoisotopic (exact) mass is 579 g/mol. The third-order valence-corrected chi connectivity index (χ3v) is 10.4. The number of esters is 1. The van der Waals surface area contributed by atoms with Gasteiger partial charge in [-0.3, -0.25) is 4.79 Å². The number of hydrogen-bond acceptors (Lipinski definition) is 8. The molecule has 2 heterocycles. The molecule has 2 aromatic carbocycles. The van der Waals surface area contributed by atoms with E-state index in [-0.39, 0.29) is 84.9 Å². The van der Waals surface area contributed by atoms with Gasteiger partial charge in [0.25, 0.3) is 5.91 Å². The number of sulfonamides is 2. The molecule has 0 unspecified atom stereocenters. The Hall–Kier alpha value is -2.84. The lowest BCUT2D eigenvalue weighted by Crippen LogP contribution is -2.50. The molecular weight excluding hydrogens is 546 g/mol. The van der Waals surface area contributed by atoms with Gasteiger partial charge in [0.1, 0.15) is 0 Å². The van der Waals surface area contributed by atoms with Crippen molar-refractivity contribution < 1.29 is 35.9 Å². The molecule has 2 aliphatic heterocycles. The molecule has 2 fully saturated rings. The van der Waals surface area contributed by atoms with Crippen molar-refractivity contribution in [2.45, 2.75) is 42.8 Å². The summed E-state index contributed by atoms with van der Waals surface area (Å²) in [5.41, 5.74) is 0.476. The minimum absolute atomic E-state index is 0.0297. The van der Waals surface area contributed by atoms with Crippen molar-refractivity contribution in [1.82, 2.24) is 13.5 Å². The third-order valence-electron chi connectivity index (χ3n) is 6.63. The van der Waals surface area contributed by atoms with E-state index in [1.807, 2.05) is 13.8 Å². The highest BCUT2D eigenvalue weighted by atomic mass is 32.2. The van der Waals surface area contributed by atoms with Crippen molar-refractivity contribution in [3.05, 3.63) is 59.7 Å². The van der Waals surface area contributed by atoms with Crippen LogP contribution < -0.4 is 0 Å². The molecule has 0 saturated carbocycles. The first kappa shape index (κ1) is 29.2. The van der Waals surface area contributed by atoms with E-state index in [9.17, 15) is 26.4 Å². The lowest BCUT2D eigenvalue weighted by Gasteiger charge is -2.35. The maximum Gasteiger partial charge on any atom is 0.338 e. The lowest BCUT2D eigenvalue weighted by molar-refractivity contribution is -0.0440. The maximum absolute atomic E-state index is 13.3. The van der Waals surface area contributed by atoms with Crippen molar-refractivity contribution in [1.29, 1.82) is 0 Å². The summed E-state index contributed by atoms with van der Waals surface area (Å²) in [5, 5.41) is 0. The number of carbonyl (C=O) groups is 2. The van der Waals surface area contributed by atoms with Gasteiger partial charge in [-0.2, -0.15) is 8.61 Å². The van der Waals surface area contributed by atoms with Crippen LogP contribution in [-0.2, 0) is 29.5 Å².